The molecule has 1 aromatic heterocycles. The van der Waals surface area contributed by atoms with E-state index in [0.29, 0.717) is 17.9 Å². The number of nitrogens with one attached hydrogen (secondary N) is 1. The average Bonchev–Trinajstić information content (AvgIpc) is 3.34. The summed E-state index contributed by atoms with van der Waals surface area (Å²) in [5, 5.41) is 16.9. The van der Waals surface area contributed by atoms with Crippen LogP contribution in [0.5, 0.6) is 5.75 Å². The monoisotopic (exact) mass is 435 g/mol. The van der Waals surface area contributed by atoms with Gasteiger partial charge in [0.2, 0.25) is 0 Å². The highest BCUT2D eigenvalue weighted by Gasteiger charge is 2.32. The highest BCUT2D eigenvalue weighted by atomic mass is 32.2. The van der Waals surface area contributed by atoms with Crippen LogP contribution in [-0.4, -0.2) is 60.5 Å². The number of carbonyl (C=O) groups excluding carboxylic acids is 1. The van der Waals surface area contributed by atoms with Crippen LogP contribution in [0.25, 0.3) is 11.3 Å². The molecule has 3 rings (SSSR count). The molecule has 1 fully saturated rings. The van der Waals surface area contributed by atoms with Crippen molar-refractivity contribution in [1.29, 1.82) is 0 Å². The molecule has 0 radical (unpaired) electrons. The van der Waals surface area contributed by atoms with Crippen LogP contribution in [0.4, 0.5) is 0 Å². The van der Waals surface area contributed by atoms with E-state index < -0.39 is 9.84 Å². The molecule has 1 aromatic carbocycles. The average molecular weight is 436 g/mol. The first-order valence-electron chi connectivity index (χ1n) is 10.1. The predicted molar refractivity (Wildman–Crippen MR) is 114 cm³/mol. The highest BCUT2D eigenvalue weighted by molar-refractivity contribution is 7.91. The Kier molecular flexibility index (Phi) is 6.82. The van der Waals surface area contributed by atoms with Gasteiger partial charge in [-0.2, -0.15) is 5.10 Å². The predicted octanol–water partition coefficient (Wildman–Crippen LogP) is 2.06. The Morgan fingerprint density at radius 2 is 2.07 bits per heavy atom. The van der Waals surface area contributed by atoms with Gasteiger partial charge in [-0.25, -0.2) is 8.42 Å². The molecule has 1 aliphatic rings. The van der Waals surface area contributed by atoms with E-state index in [1.54, 1.807) is 17.9 Å². The summed E-state index contributed by atoms with van der Waals surface area (Å²) < 4.78 is 30.9. The maximum absolute atomic E-state index is 12.8. The van der Waals surface area contributed by atoms with Crippen molar-refractivity contribution < 1.29 is 23.1 Å². The zero-order valence-corrected chi connectivity index (χ0v) is 18.4. The molecule has 1 amide bonds. The summed E-state index contributed by atoms with van der Waals surface area (Å²) in [5.41, 5.74) is 1.69. The molecule has 2 aromatic rings. The Balaban J connectivity index is 1.96. The van der Waals surface area contributed by atoms with Crippen LogP contribution in [-0.2, 0) is 9.84 Å². The summed E-state index contributed by atoms with van der Waals surface area (Å²) in [6.45, 7) is 3.80. The minimum Gasteiger partial charge on any atom is -0.497 e. The van der Waals surface area contributed by atoms with E-state index in [0.717, 1.165) is 12.0 Å². The number of carbonyl (C=O) groups is 1. The van der Waals surface area contributed by atoms with Crippen LogP contribution in [0.3, 0.4) is 0 Å². The fourth-order valence-corrected chi connectivity index (χ4v) is 5.32. The molecule has 30 heavy (non-hydrogen) atoms. The van der Waals surface area contributed by atoms with E-state index in [9.17, 15) is 18.3 Å². The summed E-state index contributed by atoms with van der Waals surface area (Å²) in [6, 6.07) is 8.30. The molecule has 164 valence electrons. The van der Waals surface area contributed by atoms with Gasteiger partial charge >= 0.3 is 0 Å². The molecule has 0 aliphatic carbocycles. The number of ether oxygens (including phenoxy) is 1. The van der Waals surface area contributed by atoms with Crippen molar-refractivity contribution in [3.63, 3.8) is 0 Å². The van der Waals surface area contributed by atoms with Gasteiger partial charge in [-0.15, -0.1) is 0 Å². The zero-order chi connectivity index (χ0) is 21.9. The lowest BCUT2D eigenvalue weighted by molar-refractivity contribution is 0.0885. The van der Waals surface area contributed by atoms with E-state index in [-0.39, 0.29) is 47.7 Å². The maximum Gasteiger partial charge on any atom is 0.272 e. The molecule has 3 unspecified atom stereocenters. The zero-order valence-electron chi connectivity index (χ0n) is 17.5. The summed E-state index contributed by atoms with van der Waals surface area (Å²) in [5.74, 6) is 0.545. The second-order valence-corrected chi connectivity index (χ2v) is 10.0. The largest absolute Gasteiger partial charge is 0.497 e. The molecule has 1 saturated heterocycles. The Hall–Kier alpha value is -2.39. The number of aliphatic hydroxyl groups is 1. The topological polar surface area (TPSA) is 111 Å². The van der Waals surface area contributed by atoms with Crippen molar-refractivity contribution in [2.24, 2.45) is 5.92 Å². The molecule has 0 bridgehead atoms. The minimum atomic E-state index is -3.12. The van der Waals surface area contributed by atoms with E-state index >= 15 is 0 Å². The molecule has 3 atom stereocenters. The molecule has 1 aliphatic heterocycles. The summed E-state index contributed by atoms with van der Waals surface area (Å²) >= 11 is 0. The number of sulfone groups is 1. The smallest absolute Gasteiger partial charge is 0.272 e. The van der Waals surface area contributed by atoms with Crippen LogP contribution < -0.4 is 10.1 Å². The normalized spacial score (nSPS) is 19.9. The van der Waals surface area contributed by atoms with Crippen LogP contribution in [0.1, 0.15) is 43.2 Å². The number of aromatic nitrogens is 2. The molecule has 0 saturated carbocycles. The molecular weight excluding hydrogens is 406 g/mol. The van der Waals surface area contributed by atoms with Gasteiger partial charge in [0.25, 0.3) is 5.91 Å². The minimum absolute atomic E-state index is 0.00499. The van der Waals surface area contributed by atoms with E-state index in [2.05, 4.69) is 10.4 Å². The van der Waals surface area contributed by atoms with Crippen molar-refractivity contribution in [3.8, 4) is 17.0 Å². The molecule has 2 N–H and O–H groups in total. The molecular formula is C21H29N3O5S. The van der Waals surface area contributed by atoms with Gasteiger partial charge in [-0.05, 0) is 42.7 Å². The molecule has 9 heteroatoms. The number of hydrogen-bond acceptors (Lipinski definition) is 6. The second kappa shape index (κ2) is 9.18. The Labute approximate surface area is 177 Å². The van der Waals surface area contributed by atoms with Crippen LogP contribution in [0.2, 0.25) is 0 Å². The van der Waals surface area contributed by atoms with Crippen molar-refractivity contribution >= 4 is 15.7 Å². The third-order valence-electron chi connectivity index (χ3n) is 5.75. The van der Waals surface area contributed by atoms with Gasteiger partial charge in [0, 0.05) is 5.56 Å². The lowest BCUT2D eigenvalue weighted by Crippen LogP contribution is -2.42. The van der Waals surface area contributed by atoms with E-state index in [1.807, 2.05) is 38.1 Å². The van der Waals surface area contributed by atoms with Gasteiger partial charge in [0.15, 0.2) is 15.5 Å². The van der Waals surface area contributed by atoms with Gasteiger partial charge in [0.05, 0.1) is 43.0 Å². The number of benzene rings is 1. The van der Waals surface area contributed by atoms with Gasteiger partial charge < -0.3 is 15.2 Å². The lowest BCUT2D eigenvalue weighted by Gasteiger charge is -2.21. The summed E-state index contributed by atoms with van der Waals surface area (Å²) in [7, 11) is -1.53. The fourth-order valence-electron chi connectivity index (χ4n) is 3.62. The molecule has 2 heterocycles. The number of rotatable bonds is 8. The Bertz CT molecular complexity index is 985. The third kappa shape index (κ3) is 4.84. The number of amides is 1. The van der Waals surface area contributed by atoms with E-state index in [1.165, 1.54) is 0 Å². The lowest BCUT2D eigenvalue weighted by atomic mass is 10.00. The molecule has 8 nitrogen and oxygen atoms in total. The summed E-state index contributed by atoms with van der Waals surface area (Å²) in [4.78, 5) is 12.8. The van der Waals surface area contributed by atoms with Gasteiger partial charge in [0.1, 0.15) is 5.75 Å². The van der Waals surface area contributed by atoms with Gasteiger partial charge in [-0.1, -0.05) is 20.3 Å². The maximum atomic E-state index is 12.8. The van der Waals surface area contributed by atoms with Crippen LogP contribution in [0.15, 0.2) is 30.3 Å². The summed E-state index contributed by atoms with van der Waals surface area (Å²) in [6.07, 6.45) is 1.28. The van der Waals surface area contributed by atoms with Crippen molar-refractivity contribution in [2.45, 2.75) is 38.8 Å². The standard InChI is InChI=1S/C21H29N3O5S/c1-4-14(2)19(12-25)22-21(26)18-11-20(15-5-7-17(29-3)8-6-15)24(23-18)16-9-10-30(27,28)13-16/h5-8,11,14,16,19,25H,4,9-10,12-13H2,1-3H3,(H,22,26). The third-order valence-corrected chi connectivity index (χ3v) is 7.50. The second-order valence-electron chi connectivity index (χ2n) is 7.79. The fraction of sp³-hybridized carbons (Fsp3) is 0.524. The number of nitrogens with zero attached hydrogens (tertiary/aromatic N) is 2. The number of hydrogen-bond donors (Lipinski definition) is 2. The number of aliphatic hydroxyl groups excluding tert-OH is 1. The quantitative estimate of drug-likeness (QED) is 0.657. The number of methoxy groups -OCH3 is 1. The first-order valence-corrected chi connectivity index (χ1v) is 12.0. The first-order chi connectivity index (χ1) is 14.3. The van der Waals surface area contributed by atoms with Gasteiger partial charge in [-0.3, -0.25) is 9.48 Å². The van der Waals surface area contributed by atoms with E-state index in [4.69, 9.17) is 4.74 Å². The van der Waals surface area contributed by atoms with Crippen molar-refractivity contribution in [3.05, 3.63) is 36.0 Å². The Morgan fingerprint density at radius 1 is 1.37 bits per heavy atom. The SMILES string of the molecule is CCC(C)C(CO)NC(=O)c1cc(-c2ccc(OC)cc2)n(C2CCS(=O)(=O)C2)n1. The van der Waals surface area contributed by atoms with Crippen LogP contribution in [0, 0.1) is 5.92 Å². The highest BCUT2D eigenvalue weighted by Crippen LogP contribution is 2.31. The van der Waals surface area contributed by atoms with Crippen molar-refractivity contribution in [1.82, 2.24) is 15.1 Å². The van der Waals surface area contributed by atoms with Crippen LogP contribution >= 0.6 is 0 Å². The first kappa shape index (κ1) is 22.3. The van der Waals surface area contributed by atoms with Crippen molar-refractivity contribution in [2.75, 3.05) is 25.2 Å². The Morgan fingerprint density at radius 3 is 2.60 bits per heavy atom. The molecule has 0 spiro atoms.